The Morgan fingerprint density at radius 2 is 2.26 bits per heavy atom. The van der Waals surface area contributed by atoms with Crippen LogP contribution < -0.4 is 10.5 Å². The second-order valence-corrected chi connectivity index (χ2v) is 5.36. The molecular formula is C14H16N2O2S. The highest BCUT2D eigenvalue weighted by Gasteiger charge is 2.10. The van der Waals surface area contributed by atoms with Gasteiger partial charge in [-0.25, -0.2) is 4.98 Å². The number of anilines is 1. The molecule has 2 rings (SSSR count). The number of hydrogen-bond acceptors (Lipinski definition) is 5. The van der Waals surface area contributed by atoms with Gasteiger partial charge >= 0.3 is 0 Å². The molecule has 0 aliphatic carbocycles. The average molecular weight is 276 g/mol. The second-order valence-electron chi connectivity index (χ2n) is 4.47. The Hall–Kier alpha value is -1.88. The van der Waals surface area contributed by atoms with Crippen LogP contribution in [0.5, 0.6) is 5.75 Å². The quantitative estimate of drug-likeness (QED) is 0.853. The minimum Gasteiger partial charge on any atom is -0.491 e. The van der Waals surface area contributed by atoms with Crippen molar-refractivity contribution in [2.75, 3.05) is 5.73 Å². The van der Waals surface area contributed by atoms with Crippen molar-refractivity contribution in [3.63, 3.8) is 0 Å². The number of benzene rings is 1. The lowest BCUT2D eigenvalue weighted by atomic mass is 10.1. The molecule has 4 nitrogen and oxygen atoms in total. The van der Waals surface area contributed by atoms with Gasteiger partial charge in [-0.15, -0.1) is 11.3 Å². The van der Waals surface area contributed by atoms with E-state index < -0.39 is 0 Å². The van der Waals surface area contributed by atoms with E-state index in [1.165, 1.54) is 11.3 Å². The summed E-state index contributed by atoms with van der Waals surface area (Å²) >= 11 is 1.34. The van der Waals surface area contributed by atoms with Gasteiger partial charge < -0.3 is 10.5 Å². The minimum atomic E-state index is 0.0134. The standard InChI is InChI=1S/C14H16N2O2S/c1-9(2)18-12-5-3-4-10(6-12)13(17)7-11-8-19-14(15)16-11/h3-6,8-9H,7H2,1-2H3,(H2,15,16). The molecule has 1 aromatic heterocycles. The summed E-state index contributed by atoms with van der Waals surface area (Å²) in [5.74, 6) is 0.721. The Bertz CT molecular complexity index is 578. The number of thiazole rings is 1. The number of hydrogen-bond donors (Lipinski definition) is 1. The van der Waals surface area contributed by atoms with Crippen molar-refractivity contribution in [3.05, 3.63) is 40.9 Å². The van der Waals surface area contributed by atoms with Crippen LogP contribution in [0, 0.1) is 0 Å². The summed E-state index contributed by atoms with van der Waals surface area (Å²) < 4.78 is 5.57. The second kappa shape index (κ2) is 5.84. The van der Waals surface area contributed by atoms with Crippen LogP contribution in [0.25, 0.3) is 0 Å². The molecule has 1 heterocycles. The molecule has 0 saturated heterocycles. The monoisotopic (exact) mass is 276 g/mol. The molecule has 2 N–H and O–H groups in total. The smallest absolute Gasteiger partial charge is 0.180 e. The van der Waals surface area contributed by atoms with E-state index in [2.05, 4.69) is 4.98 Å². The summed E-state index contributed by atoms with van der Waals surface area (Å²) in [5.41, 5.74) is 6.89. The summed E-state index contributed by atoms with van der Waals surface area (Å²) in [4.78, 5) is 16.2. The summed E-state index contributed by atoms with van der Waals surface area (Å²) in [5, 5.41) is 2.29. The molecule has 0 amide bonds. The largest absolute Gasteiger partial charge is 0.491 e. The first-order valence-electron chi connectivity index (χ1n) is 6.04. The molecule has 0 saturated carbocycles. The van der Waals surface area contributed by atoms with Crippen molar-refractivity contribution >= 4 is 22.3 Å². The molecule has 5 heteroatoms. The van der Waals surface area contributed by atoms with Crippen molar-refractivity contribution < 1.29 is 9.53 Å². The Balaban J connectivity index is 2.10. The molecule has 19 heavy (non-hydrogen) atoms. The van der Waals surface area contributed by atoms with Gasteiger partial charge in [0.2, 0.25) is 0 Å². The molecule has 0 bridgehead atoms. The van der Waals surface area contributed by atoms with Gasteiger partial charge in [0.25, 0.3) is 0 Å². The summed E-state index contributed by atoms with van der Waals surface area (Å²) in [6, 6.07) is 7.21. The summed E-state index contributed by atoms with van der Waals surface area (Å²) in [6.07, 6.45) is 0.349. The molecule has 0 aliphatic heterocycles. The topological polar surface area (TPSA) is 65.2 Å². The first-order valence-corrected chi connectivity index (χ1v) is 6.92. The average Bonchev–Trinajstić information content (AvgIpc) is 2.74. The van der Waals surface area contributed by atoms with Crippen LogP contribution >= 0.6 is 11.3 Å². The van der Waals surface area contributed by atoms with Crippen LogP contribution in [0.15, 0.2) is 29.6 Å². The Kier molecular flexibility index (Phi) is 4.16. The van der Waals surface area contributed by atoms with E-state index in [4.69, 9.17) is 10.5 Å². The number of ketones is 1. The first-order chi connectivity index (χ1) is 9.04. The fourth-order valence-corrected chi connectivity index (χ4v) is 2.25. The van der Waals surface area contributed by atoms with Crippen LogP contribution in [0.3, 0.4) is 0 Å². The Morgan fingerprint density at radius 3 is 2.89 bits per heavy atom. The number of carbonyl (C=O) groups is 1. The van der Waals surface area contributed by atoms with E-state index in [1.54, 1.807) is 12.1 Å². The molecule has 0 radical (unpaired) electrons. The highest BCUT2D eigenvalue weighted by atomic mass is 32.1. The van der Waals surface area contributed by atoms with Crippen LogP contribution in [0.2, 0.25) is 0 Å². The molecular weight excluding hydrogens is 260 g/mol. The highest BCUT2D eigenvalue weighted by Crippen LogP contribution is 2.18. The minimum absolute atomic E-state index is 0.0134. The van der Waals surface area contributed by atoms with Crippen LogP contribution in [0.1, 0.15) is 29.9 Å². The predicted molar refractivity (Wildman–Crippen MR) is 76.8 cm³/mol. The maximum absolute atomic E-state index is 12.1. The van der Waals surface area contributed by atoms with Crippen molar-refractivity contribution in [1.29, 1.82) is 0 Å². The van der Waals surface area contributed by atoms with E-state index in [9.17, 15) is 4.79 Å². The van der Waals surface area contributed by atoms with Gasteiger partial charge in [-0.2, -0.15) is 0 Å². The Labute approximate surface area is 116 Å². The lowest BCUT2D eigenvalue weighted by Gasteiger charge is -2.10. The molecule has 0 aliphatic rings. The zero-order chi connectivity index (χ0) is 13.8. The fraction of sp³-hybridized carbons (Fsp3) is 0.286. The van der Waals surface area contributed by atoms with Gasteiger partial charge in [0.1, 0.15) is 5.75 Å². The van der Waals surface area contributed by atoms with E-state index in [1.807, 2.05) is 31.4 Å². The predicted octanol–water partition coefficient (Wildman–Crippen LogP) is 2.94. The number of rotatable bonds is 5. The van der Waals surface area contributed by atoms with Gasteiger partial charge in [0.05, 0.1) is 18.2 Å². The van der Waals surface area contributed by atoms with Crippen molar-refractivity contribution in [2.45, 2.75) is 26.4 Å². The maximum Gasteiger partial charge on any atom is 0.180 e. The van der Waals surface area contributed by atoms with Crippen molar-refractivity contribution in [2.24, 2.45) is 0 Å². The van der Waals surface area contributed by atoms with Crippen LogP contribution in [-0.2, 0) is 6.42 Å². The van der Waals surface area contributed by atoms with E-state index in [-0.39, 0.29) is 18.3 Å². The number of nitrogens with two attached hydrogens (primary N) is 1. The summed E-state index contributed by atoms with van der Waals surface area (Å²) in [7, 11) is 0. The number of aromatic nitrogens is 1. The van der Waals surface area contributed by atoms with Gasteiger partial charge in [-0.1, -0.05) is 12.1 Å². The molecule has 0 unspecified atom stereocenters. The number of nitrogen functional groups attached to an aromatic ring is 1. The zero-order valence-corrected chi connectivity index (χ0v) is 11.7. The fourth-order valence-electron chi connectivity index (χ4n) is 1.69. The molecule has 100 valence electrons. The van der Waals surface area contributed by atoms with Gasteiger partial charge in [-0.05, 0) is 26.0 Å². The van der Waals surface area contributed by atoms with Crippen molar-refractivity contribution in [1.82, 2.24) is 4.98 Å². The Morgan fingerprint density at radius 1 is 1.47 bits per heavy atom. The van der Waals surface area contributed by atoms with Crippen LogP contribution in [-0.4, -0.2) is 16.9 Å². The molecule has 2 aromatic rings. The van der Waals surface area contributed by atoms with E-state index in [0.717, 1.165) is 0 Å². The molecule has 0 atom stereocenters. The first kappa shape index (κ1) is 13.5. The maximum atomic E-state index is 12.1. The van der Waals surface area contributed by atoms with Crippen molar-refractivity contribution in [3.8, 4) is 5.75 Å². The number of Topliss-reactive ketones (excluding diaryl/α,β-unsaturated/α-hetero) is 1. The van der Waals surface area contributed by atoms with Gasteiger partial charge in [-0.3, -0.25) is 4.79 Å². The third kappa shape index (κ3) is 3.79. The van der Waals surface area contributed by atoms with Crippen LogP contribution in [0.4, 0.5) is 5.13 Å². The number of carbonyl (C=O) groups excluding carboxylic acids is 1. The van der Waals surface area contributed by atoms with E-state index >= 15 is 0 Å². The lowest BCUT2D eigenvalue weighted by Crippen LogP contribution is -2.08. The molecule has 0 spiro atoms. The van der Waals surface area contributed by atoms with E-state index in [0.29, 0.717) is 22.1 Å². The third-order valence-corrected chi connectivity index (χ3v) is 3.16. The number of ether oxygens (including phenoxy) is 1. The highest BCUT2D eigenvalue weighted by molar-refractivity contribution is 7.13. The van der Waals surface area contributed by atoms with Gasteiger partial charge in [0, 0.05) is 10.9 Å². The molecule has 1 aromatic carbocycles. The SMILES string of the molecule is CC(C)Oc1cccc(C(=O)Cc2csc(N)n2)c1. The molecule has 0 fully saturated rings. The van der Waals surface area contributed by atoms with Gasteiger partial charge in [0.15, 0.2) is 10.9 Å². The normalized spacial score (nSPS) is 10.7. The summed E-state index contributed by atoms with van der Waals surface area (Å²) in [6.45, 7) is 3.90. The number of nitrogens with zero attached hydrogens (tertiary/aromatic N) is 1. The zero-order valence-electron chi connectivity index (χ0n) is 10.9. The third-order valence-electron chi connectivity index (χ3n) is 2.44. The lowest BCUT2D eigenvalue weighted by molar-refractivity contribution is 0.0991.